The van der Waals surface area contributed by atoms with E-state index in [0.717, 1.165) is 0 Å². The molecule has 0 N–H and O–H groups in total. The second kappa shape index (κ2) is 5.77. The number of para-hydroxylation sites is 1. The van der Waals surface area contributed by atoms with Gasteiger partial charge in [-0.2, -0.15) is 0 Å². The fourth-order valence-electron chi connectivity index (χ4n) is 3.61. The first-order valence-corrected chi connectivity index (χ1v) is 8.39. The van der Waals surface area contributed by atoms with Crippen LogP contribution in [0.15, 0.2) is 45.6 Å². The lowest BCUT2D eigenvalue weighted by molar-refractivity contribution is -0.135. The number of hydrogen-bond acceptors (Lipinski definition) is 7. The van der Waals surface area contributed by atoms with Crippen molar-refractivity contribution in [2.24, 2.45) is 0 Å². The molecule has 136 valence electrons. The Labute approximate surface area is 153 Å². The molecule has 0 fully saturated rings. The average Bonchev–Trinajstić information content (AvgIpc) is 3.15. The van der Waals surface area contributed by atoms with Crippen LogP contribution in [0, 0.1) is 0 Å². The van der Waals surface area contributed by atoms with E-state index in [1.807, 2.05) is 0 Å². The van der Waals surface area contributed by atoms with Crippen molar-refractivity contribution in [2.45, 2.75) is 12.3 Å². The molecule has 2 aromatic carbocycles. The molecule has 0 amide bonds. The molecule has 5 rings (SSSR count). The molecular weight excluding hydrogens is 352 g/mol. The molecular formula is C20H14O7. The molecule has 0 unspecified atom stereocenters. The monoisotopic (exact) mass is 366 g/mol. The third-order valence-electron chi connectivity index (χ3n) is 4.82. The van der Waals surface area contributed by atoms with Gasteiger partial charge in [-0.25, -0.2) is 4.79 Å². The molecule has 0 bridgehead atoms. The maximum absolute atomic E-state index is 12.7. The van der Waals surface area contributed by atoms with Crippen LogP contribution in [0.25, 0.3) is 11.0 Å². The molecule has 1 aromatic heterocycles. The van der Waals surface area contributed by atoms with Crippen LogP contribution in [-0.4, -0.2) is 19.9 Å². The van der Waals surface area contributed by atoms with E-state index in [4.69, 9.17) is 23.4 Å². The minimum atomic E-state index is -0.537. The van der Waals surface area contributed by atoms with E-state index < -0.39 is 17.5 Å². The van der Waals surface area contributed by atoms with Crippen molar-refractivity contribution in [1.29, 1.82) is 0 Å². The smallest absolute Gasteiger partial charge is 0.343 e. The normalized spacial score (nSPS) is 17.5. The van der Waals surface area contributed by atoms with Crippen LogP contribution in [-0.2, 0) is 4.79 Å². The van der Waals surface area contributed by atoms with Gasteiger partial charge >= 0.3 is 11.6 Å². The lowest BCUT2D eigenvalue weighted by atomic mass is 9.86. The van der Waals surface area contributed by atoms with E-state index in [9.17, 15) is 9.59 Å². The first kappa shape index (κ1) is 15.7. The molecule has 1 atom stereocenters. The summed E-state index contributed by atoms with van der Waals surface area (Å²) in [6.45, 7) is 0.0885. The Morgan fingerprint density at radius 3 is 2.78 bits per heavy atom. The van der Waals surface area contributed by atoms with Gasteiger partial charge in [-0.3, -0.25) is 4.79 Å². The first-order valence-electron chi connectivity index (χ1n) is 8.39. The lowest BCUT2D eigenvalue weighted by Crippen LogP contribution is -2.26. The predicted octanol–water partition coefficient (Wildman–Crippen LogP) is 2.97. The summed E-state index contributed by atoms with van der Waals surface area (Å²) >= 11 is 0. The maximum atomic E-state index is 12.7. The van der Waals surface area contributed by atoms with E-state index in [-0.39, 0.29) is 19.0 Å². The summed E-state index contributed by atoms with van der Waals surface area (Å²) in [5, 5.41) is 0.581. The van der Waals surface area contributed by atoms with E-state index in [2.05, 4.69) is 0 Å². The summed E-state index contributed by atoms with van der Waals surface area (Å²) in [6.07, 6.45) is 0.0128. The zero-order chi connectivity index (χ0) is 18.5. The highest BCUT2D eigenvalue weighted by Gasteiger charge is 2.35. The summed E-state index contributed by atoms with van der Waals surface area (Å²) in [6, 6.07) is 10.5. The molecule has 7 nitrogen and oxygen atoms in total. The van der Waals surface area contributed by atoms with Crippen molar-refractivity contribution in [2.75, 3.05) is 13.9 Å². The molecule has 0 saturated carbocycles. The molecule has 3 heterocycles. The van der Waals surface area contributed by atoms with E-state index >= 15 is 0 Å². The molecule has 2 aliphatic heterocycles. The number of carbonyl (C=O) groups is 1. The SMILES string of the molecule is COc1cc([C@H]2CC(=O)Oc3c2c(=O)oc2ccccc32)cc2c1OCO2. The highest BCUT2D eigenvalue weighted by Crippen LogP contribution is 2.47. The van der Waals surface area contributed by atoms with Gasteiger partial charge in [0.25, 0.3) is 0 Å². The maximum Gasteiger partial charge on any atom is 0.343 e. The van der Waals surface area contributed by atoms with Gasteiger partial charge < -0.3 is 23.4 Å². The van der Waals surface area contributed by atoms with Crippen LogP contribution in [0.2, 0.25) is 0 Å². The number of rotatable bonds is 2. The number of esters is 1. The number of methoxy groups -OCH3 is 1. The predicted molar refractivity (Wildman–Crippen MR) is 93.7 cm³/mol. The first-order chi connectivity index (χ1) is 13.2. The van der Waals surface area contributed by atoms with Crippen molar-refractivity contribution in [3.8, 4) is 23.0 Å². The Balaban J connectivity index is 1.76. The standard InChI is InChI=1S/C20H14O7/c1-23-14-6-10(7-15-19(14)25-9-24-15)12-8-16(21)27-18-11-4-2-3-5-13(11)26-20(22)17(12)18/h2-7,12H,8-9H2,1H3/t12-/m1/s1. The molecule has 0 radical (unpaired) electrons. The lowest BCUT2D eigenvalue weighted by Gasteiger charge is -2.24. The van der Waals surface area contributed by atoms with E-state index in [1.165, 1.54) is 7.11 Å². The third kappa shape index (κ3) is 2.35. The molecule has 27 heavy (non-hydrogen) atoms. The Bertz CT molecular complexity index is 1150. The highest BCUT2D eigenvalue weighted by atomic mass is 16.7. The van der Waals surface area contributed by atoms with Crippen molar-refractivity contribution >= 4 is 16.9 Å². The Morgan fingerprint density at radius 1 is 1.07 bits per heavy atom. The second-order valence-corrected chi connectivity index (χ2v) is 6.32. The molecule has 0 saturated heterocycles. The zero-order valence-corrected chi connectivity index (χ0v) is 14.3. The molecule has 7 heteroatoms. The molecule has 0 spiro atoms. The van der Waals surface area contributed by atoms with Crippen LogP contribution in [0.1, 0.15) is 23.5 Å². The zero-order valence-electron chi connectivity index (χ0n) is 14.3. The van der Waals surface area contributed by atoms with E-state index in [1.54, 1.807) is 36.4 Å². The Morgan fingerprint density at radius 2 is 1.93 bits per heavy atom. The van der Waals surface area contributed by atoms with E-state index in [0.29, 0.717) is 39.3 Å². The fourth-order valence-corrected chi connectivity index (χ4v) is 3.61. The number of hydrogen-bond donors (Lipinski definition) is 0. The summed E-state index contributed by atoms with van der Waals surface area (Å²) in [5.41, 5.74) is 0.849. The topological polar surface area (TPSA) is 84.2 Å². The van der Waals surface area contributed by atoms with Crippen molar-refractivity contribution in [3.63, 3.8) is 0 Å². The summed E-state index contributed by atoms with van der Waals surface area (Å²) < 4.78 is 27.2. The van der Waals surface area contributed by atoms with Gasteiger partial charge in [0.1, 0.15) is 5.58 Å². The van der Waals surface area contributed by atoms with Crippen molar-refractivity contribution < 1.29 is 28.2 Å². The summed E-state index contributed by atoms with van der Waals surface area (Å²) in [5.74, 6) is 0.788. The van der Waals surface area contributed by atoms with Gasteiger partial charge in [0.05, 0.1) is 24.5 Å². The Kier molecular flexibility index (Phi) is 3.36. The number of benzene rings is 2. The largest absolute Gasteiger partial charge is 0.493 e. The van der Waals surface area contributed by atoms with Gasteiger partial charge in [-0.1, -0.05) is 12.1 Å². The fraction of sp³-hybridized carbons (Fsp3) is 0.200. The van der Waals surface area contributed by atoms with Gasteiger partial charge in [0.15, 0.2) is 17.2 Å². The van der Waals surface area contributed by atoms with Gasteiger partial charge in [0.2, 0.25) is 12.5 Å². The number of fused-ring (bicyclic) bond motifs is 4. The number of ether oxygens (including phenoxy) is 4. The van der Waals surface area contributed by atoms with Crippen LogP contribution < -0.4 is 24.6 Å². The van der Waals surface area contributed by atoms with Crippen LogP contribution in [0.5, 0.6) is 23.0 Å². The quantitative estimate of drug-likeness (QED) is 0.509. The number of carbonyl (C=O) groups excluding carboxylic acids is 1. The minimum absolute atomic E-state index is 0.0128. The molecule has 0 aliphatic carbocycles. The molecule has 2 aliphatic rings. The highest BCUT2D eigenvalue weighted by molar-refractivity contribution is 5.90. The summed E-state index contributed by atoms with van der Waals surface area (Å²) in [4.78, 5) is 25.0. The second-order valence-electron chi connectivity index (χ2n) is 6.32. The Hall–Kier alpha value is -3.48. The molecule has 3 aromatic rings. The minimum Gasteiger partial charge on any atom is -0.493 e. The van der Waals surface area contributed by atoms with Crippen molar-refractivity contribution in [1.82, 2.24) is 0 Å². The van der Waals surface area contributed by atoms with Crippen molar-refractivity contribution in [3.05, 3.63) is 57.9 Å². The van der Waals surface area contributed by atoms with Gasteiger partial charge in [-0.05, 0) is 29.8 Å². The van der Waals surface area contributed by atoms with Crippen LogP contribution in [0.4, 0.5) is 0 Å². The van der Waals surface area contributed by atoms with Crippen LogP contribution in [0.3, 0.4) is 0 Å². The average molecular weight is 366 g/mol. The van der Waals surface area contributed by atoms with Gasteiger partial charge in [0, 0.05) is 5.92 Å². The van der Waals surface area contributed by atoms with Crippen LogP contribution >= 0.6 is 0 Å². The summed E-state index contributed by atoms with van der Waals surface area (Å²) in [7, 11) is 1.52. The van der Waals surface area contributed by atoms with Gasteiger partial charge in [-0.15, -0.1) is 0 Å². The third-order valence-corrected chi connectivity index (χ3v) is 4.82.